The van der Waals surface area contributed by atoms with Crippen molar-refractivity contribution in [3.8, 4) is 0 Å². The van der Waals surface area contributed by atoms with Crippen LogP contribution in [0.15, 0.2) is 4.99 Å². The lowest BCUT2D eigenvalue weighted by molar-refractivity contribution is -0.121. The molecule has 2 rings (SSSR count). The van der Waals surface area contributed by atoms with Gasteiger partial charge in [0.1, 0.15) is 0 Å². The van der Waals surface area contributed by atoms with Crippen LogP contribution in [0.3, 0.4) is 0 Å². The second-order valence-electron chi connectivity index (χ2n) is 6.33. The Morgan fingerprint density at radius 1 is 1.27 bits per heavy atom. The van der Waals surface area contributed by atoms with Crippen molar-refractivity contribution < 1.29 is 9.90 Å². The number of rotatable bonds is 6. The van der Waals surface area contributed by atoms with Crippen molar-refractivity contribution in [1.82, 2.24) is 15.5 Å². The van der Waals surface area contributed by atoms with Gasteiger partial charge in [0.05, 0.1) is 12.6 Å². The topological polar surface area (TPSA) is 77.0 Å². The molecule has 6 heteroatoms. The first kappa shape index (κ1) is 17.1. The van der Waals surface area contributed by atoms with Gasteiger partial charge in [-0.3, -0.25) is 9.79 Å². The standard InChI is InChI=1S/C16H30N4O2/c1-2-17-16(20-10-7-14(21)12-20)19-9-8-18-15(22)11-13-5-3-4-6-13/h13-14,21H,2-12H2,1H3,(H,17,19)(H,18,22)/t14-/m1/s1. The molecule has 22 heavy (non-hydrogen) atoms. The van der Waals surface area contributed by atoms with E-state index in [1.807, 2.05) is 6.92 Å². The number of aliphatic hydroxyl groups excluding tert-OH is 1. The Bertz CT molecular complexity index is 380. The number of nitrogens with one attached hydrogen (secondary N) is 2. The van der Waals surface area contributed by atoms with Crippen LogP contribution in [0, 0.1) is 5.92 Å². The van der Waals surface area contributed by atoms with E-state index in [-0.39, 0.29) is 12.0 Å². The fourth-order valence-electron chi connectivity index (χ4n) is 3.27. The van der Waals surface area contributed by atoms with E-state index in [4.69, 9.17) is 0 Å². The normalized spacial score (nSPS) is 23.1. The van der Waals surface area contributed by atoms with Crippen LogP contribution in [0.1, 0.15) is 45.4 Å². The number of likely N-dealkylation sites (tertiary alicyclic amines) is 1. The summed E-state index contributed by atoms with van der Waals surface area (Å²) in [5.74, 6) is 1.58. The predicted molar refractivity (Wildman–Crippen MR) is 87.8 cm³/mol. The van der Waals surface area contributed by atoms with Gasteiger partial charge in [-0.15, -0.1) is 0 Å². The molecule has 1 atom stereocenters. The maximum atomic E-state index is 11.8. The molecule has 1 saturated carbocycles. The van der Waals surface area contributed by atoms with Crippen molar-refractivity contribution in [2.45, 2.75) is 51.6 Å². The monoisotopic (exact) mass is 310 g/mol. The molecule has 2 fully saturated rings. The number of carbonyl (C=O) groups is 1. The number of hydrogen-bond acceptors (Lipinski definition) is 3. The number of hydrogen-bond donors (Lipinski definition) is 3. The summed E-state index contributed by atoms with van der Waals surface area (Å²) in [5.41, 5.74) is 0. The Balaban J connectivity index is 1.68. The molecule has 0 unspecified atom stereocenters. The van der Waals surface area contributed by atoms with E-state index in [2.05, 4.69) is 20.5 Å². The van der Waals surface area contributed by atoms with Gasteiger partial charge in [0.15, 0.2) is 5.96 Å². The average molecular weight is 310 g/mol. The highest BCUT2D eigenvalue weighted by Crippen LogP contribution is 2.27. The highest BCUT2D eigenvalue weighted by atomic mass is 16.3. The molecular weight excluding hydrogens is 280 g/mol. The summed E-state index contributed by atoms with van der Waals surface area (Å²) in [7, 11) is 0. The van der Waals surface area contributed by atoms with E-state index in [0.717, 1.165) is 25.5 Å². The zero-order chi connectivity index (χ0) is 15.8. The van der Waals surface area contributed by atoms with E-state index >= 15 is 0 Å². The summed E-state index contributed by atoms with van der Waals surface area (Å²) in [5, 5.41) is 15.8. The van der Waals surface area contributed by atoms with Gasteiger partial charge in [-0.25, -0.2) is 0 Å². The van der Waals surface area contributed by atoms with Gasteiger partial charge < -0.3 is 20.6 Å². The first-order valence-corrected chi connectivity index (χ1v) is 8.67. The summed E-state index contributed by atoms with van der Waals surface area (Å²) in [4.78, 5) is 18.5. The summed E-state index contributed by atoms with van der Waals surface area (Å²) < 4.78 is 0. The van der Waals surface area contributed by atoms with Crippen LogP contribution in [0.25, 0.3) is 0 Å². The van der Waals surface area contributed by atoms with Gasteiger partial charge in [-0.2, -0.15) is 0 Å². The summed E-state index contributed by atoms with van der Waals surface area (Å²) in [6.07, 6.45) is 6.16. The van der Waals surface area contributed by atoms with Crippen LogP contribution in [0.2, 0.25) is 0 Å². The number of aliphatic hydroxyl groups is 1. The molecule has 0 aromatic rings. The number of nitrogens with zero attached hydrogens (tertiary/aromatic N) is 2. The van der Waals surface area contributed by atoms with Crippen LogP contribution < -0.4 is 10.6 Å². The highest BCUT2D eigenvalue weighted by molar-refractivity contribution is 5.80. The lowest BCUT2D eigenvalue weighted by Gasteiger charge is -2.21. The maximum absolute atomic E-state index is 11.8. The van der Waals surface area contributed by atoms with Crippen LogP contribution in [-0.2, 0) is 4.79 Å². The summed E-state index contributed by atoms with van der Waals surface area (Å²) in [6, 6.07) is 0. The number of guanidine groups is 1. The Hall–Kier alpha value is -1.30. The molecule has 126 valence electrons. The molecule has 1 aliphatic carbocycles. The van der Waals surface area contributed by atoms with Gasteiger partial charge in [0.25, 0.3) is 0 Å². The van der Waals surface area contributed by atoms with Gasteiger partial charge in [-0.05, 0) is 32.1 Å². The molecule has 0 radical (unpaired) electrons. The molecule has 0 bridgehead atoms. The molecule has 3 N–H and O–H groups in total. The minimum Gasteiger partial charge on any atom is -0.391 e. The molecule has 1 saturated heterocycles. The van der Waals surface area contributed by atoms with Gasteiger partial charge in [0.2, 0.25) is 5.91 Å². The first-order valence-electron chi connectivity index (χ1n) is 8.67. The largest absolute Gasteiger partial charge is 0.391 e. The zero-order valence-electron chi connectivity index (χ0n) is 13.7. The lowest BCUT2D eigenvalue weighted by Crippen LogP contribution is -2.41. The van der Waals surface area contributed by atoms with Crippen LogP contribution in [0.4, 0.5) is 0 Å². The second kappa shape index (κ2) is 8.98. The van der Waals surface area contributed by atoms with Gasteiger partial charge in [0, 0.05) is 32.6 Å². The SMILES string of the molecule is CCNC(=NCCNC(=O)CC1CCCC1)N1CC[C@@H](O)C1. The smallest absolute Gasteiger partial charge is 0.220 e. The van der Waals surface area contributed by atoms with Crippen molar-refractivity contribution in [1.29, 1.82) is 0 Å². The van der Waals surface area contributed by atoms with E-state index in [9.17, 15) is 9.90 Å². The fraction of sp³-hybridized carbons (Fsp3) is 0.875. The first-order chi connectivity index (χ1) is 10.7. The minimum absolute atomic E-state index is 0.156. The molecule has 0 spiro atoms. The van der Waals surface area contributed by atoms with E-state index in [0.29, 0.717) is 32.0 Å². The Kier molecular flexibility index (Phi) is 6.96. The second-order valence-corrected chi connectivity index (χ2v) is 6.33. The molecule has 1 heterocycles. The summed E-state index contributed by atoms with van der Waals surface area (Å²) in [6.45, 7) is 5.47. The minimum atomic E-state index is -0.255. The van der Waals surface area contributed by atoms with Crippen LogP contribution in [-0.4, -0.2) is 60.7 Å². The highest BCUT2D eigenvalue weighted by Gasteiger charge is 2.22. The van der Waals surface area contributed by atoms with Crippen LogP contribution in [0.5, 0.6) is 0 Å². The van der Waals surface area contributed by atoms with Crippen LogP contribution >= 0.6 is 0 Å². The zero-order valence-corrected chi connectivity index (χ0v) is 13.7. The lowest BCUT2D eigenvalue weighted by atomic mass is 10.0. The Morgan fingerprint density at radius 3 is 2.68 bits per heavy atom. The third-order valence-corrected chi connectivity index (χ3v) is 4.44. The Labute approximate surface area is 133 Å². The van der Waals surface area contributed by atoms with E-state index < -0.39 is 0 Å². The molecule has 0 aromatic heterocycles. The van der Waals surface area contributed by atoms with E-state index in [1.165, 1.54) is 25.7 Å². The maximum Gasteiger partial charge on any atom is 0.220 e. The predicted octanol–water partition coefficient (Wildman–Crippen LogP) is 0.715. The molecule has 6 nitrogen and oxygen atoms in total. The quantitative estimate of drug-likeness (QED) is 0.384. The van der Waals surface area contributed by atoms with Crippen molar-refractivity contribution >= 4 is 11.9 Å². The number of amides is 1. The summed E-state index contributed by atoms with van der Waals surface area (Å²) >= 11 is 0. The van der Waals surface area contributed by atoms with Crippen molar-refractivity contribution in [2.75, 3.05) is 32.7 Å². The van der Waals surface area contributed by atoms with Crippen molar-refractivity contribution in [3.63, 3.8) is 0 Å². The molecular formula is C16H30N4O2. The van der Waals surface area contributed by atoms with Crippen molar-refractivity contribution in [3.05, 3.63) is 0 Å². The third-order valence-electron chi connectivity index (χ3n) is 4.44. The van der Waals surface area contributed by atoms with Gasteiger partial charge in [-0.1, -0.05) is 12.8 Å². The molecule has 1 amide bonds. The van der Waals surface area contributed by atoms with Crippen molar-refractivity contribution in [2.24, 2.45) is 10.9 Å². The number of carbonyl (C=O) groups excluding carboxylic acids is 1. The Morgan fingerprint density at radius 2 is 2.05 bits per heavy atom. The fourth-order valence-corrected chi connectivity index (χ4v) is 3.27. The third kappa shape index (κ3) is 5.48. The van der Waals surface area contributed by atoms with Gasteiger partial charge >= 0.3 is 0 Å². The average Bonchev–Trinajstić information content (AvgIpc) is 3.14. The van der Waals surface area contributed by atoms with E-state index in [1.54, 1.807) is 0 Å². The molecule has 0 aromatic carbocycles. The molecule has 1 aliphatic heterocycles. The number of β-amino-alcohol motifs (C(OH)–C–C–N with tert-alkyl or cyclic N) is 1. The molecule has 2 aliphatic rings. The number of aliphatic imine (C=N–C) groups is 1.